The summed E-state index contributed by atoms with van der Waals surface area (Å²) in [5, 5.41) is 0. The smallest absolute Gasteiger partial charge is 0.152 e. The van der Waals surface area contributed by atoms with Gasteiger partial charge in [-0.1, -0.05) is 13.8 Å². The molecular weight excluding hydrogens is 154 g/mol. The highest BCUT2D eigenvalue weighted by atomic mass is 16.1. The summed E-state index contributed by atoms with van der Waals surface area (Å²) >= 11 is 0. The predicted octanol–water partition coefficient (Wildman–Crippen LogP) is 1.32. The van der Waals surface area contributed by atoms with Gasteiger partial charge in [-0.2, -0.15) is 0 Å². The van der Waals surface area contributed by atoms with Gasteiger partial charge in [-0.25, -0.2) is 0 Å². The minimum absolute atomic E-state index is 0.0970. The first-order chi connectivity index (χ1) is 5.63. The number of nitrogens with two attached hydrogens (primary N) is 1. The molecule has 0 aliphatic heterocycles. The van der Waals surface area contributed by atoms with E-state index in [1.165, 1.54) is 33.0 Å². The van der Waals surface area contributed by atoms with Crippen LogP contribution >= 0.6 is 0 Å². The van der Waals surface area contributed by atoms with Crippen molar-refractivity contribution in [1.82, 2.24) is 0 Å². The van der Waals surface area contributed by atoms with Gasteiger partial charge in [0.15, 0.2) is 11.6 Å². The minimum atomic E-state index is -0.0970. The molecule has 0 aromatic heterocycles. The number of allylic oxidation sites excluding steroid dienone is 2. The number of rotatable bonds is 2. The zero-order chi connectivity index (χ0) is 10.6. The highest BCUT2D eigenvalue weighted by Crippen LogP contribution is 1.75. The Morgan fingerprint density at radius 3 is 1.17 bits per heavy atom. The maximum absolute atomic E-state index is 10.1. The van der Waals surface area contributed by atoms with Gasteiger partial charge in [0.25, 0.3) is 0 Å². The molecule has 0 spiro atoms. The summed E-state index contributed by atoms with van der Waals surface area (Å²) in [6.07, 6.45) is 2.50. The van der Waals surface area contributed by atoms with Crippen LogP contribution in [0, 0.1) is 0 Å². The Morgan fingerprint density at radius 1 is 0.917 bits per heavy atom. The average molecular weight is 173 g/mol. The molecular formula is C9H19NO2. The van der Waals surface area contributed by atoms with Crippen molar-refractivity contribution in [2.45, 2.75) is 27.7 Å². The molecule has 0 aromatic carbocycles. The van der Waals surface area contributed by atoms with E-state index in [-0.39, 0.29) is 11.6 Å². The molecule has 0 radical (unpaired) electrons. The molecule has 0 bridgehead atoms. The van der Waals surface area contributed by atoms with Crippen LogP contribution in [-0.2, 0) is 9.59 Å². The number of hydrogen-bond acceptors (Lipinski definition) is 3. The molecule has 0 atom stereocenters. The molecule has 72 valence electrons. The first-order valence-corrected chi connectivity index (χ1v) is 3.90. The van der Waals surface area contributed by atoms with Crippen molar-refractivity contribution < 1.29 is 9.59 Å². The lowest BCUT2D eigenvalue weighted by Crippen LogP contribution is -1.85. The molecule has 0 amide bonds. The number of ketones is 2. The Kier molecular flexibility index (Phi) is 23.8. The molecule has 0 heterocycles. The maximum Gasteiger partial charge on any atom is 0.152 e. The van der Waals surface area contributed by atoms with Crippen molar-refractivity contribution in [3.63, 3.8) is 0 Å². The van der Waals surface area contributed by atoms with Crippen LogP contribution in [0.15, 0.2) is 12.2 Å². The third kappa shape index (κ3) is 35.8. The van der Waals surface area contributed by atoms with E-state index in [2.05, 4.69) is 5.73 Å². The van der Waals surface area contributed by atoms with Crippen LogP contribution in [0.2, 0.25) is 0 Å². The normalized spacial score (nSPS) is 7.50. The largest absolute Gasteiger partial charge is 0.333 e. The third-order valence-electron chi connectivity index (χ3n) is 0.553. The highest BCUT2D eigenvalue weighted by molar-refractivity contribution is 5.96. The molecule has 0 aliphatic carbocycles. The maximum atomic E-state index is 10.1. The predicted molar refractivity (Wildman–Crippen MR) is 52.0 cm³/mol. The van der Waals surface area contributed by atoms with E-state index >= 15 is 0 Å². The van der Waals surface area contributed by atoms with E-state index in [0.29, 0.717) is 0 Å². The van der Waals surface area contributed by atoms with Gasteiger partial charge in [-0.3, -0.25) is 9.59 Å². The minimum Gasteiger partial charge on any atom is -0.333 e. The third-order valence-corrected chi connectivity index (χ3v) is 0.553. The van der Waals surface area contributed by atoms with E-state index in [9.17, 15) is 9.59 Å². The van der Waals surface area contributed by atoms with Crippen molar-refractivity contribution >= 4 is 11.6 Å². The summed E-state index contributed by atoms with van der Waals surface area (Å²) in [5.74, 6) is -0.194. The van der Waals surface area contributed by atoms with Crippen LogP contribution in [0.3, 0.4) is 0 Å². The average Bonchev–Trinajstić information content (AvgIpc) is 2.08. The monoisotopic (exact) mass is 173 g/mol. The first kappa shape index (κ1) is 17.2. The summed E-state index contributed by atoms with van der Waals surface area (Å²) < 4.78 is 0. The molecule has 0 unspecified atom stereocenters. The van der Waals surface area contributed by atoms with Gasteiger partial charge in [-0.05, 0) is 33.0 Å². The first-order valence-electron chi connectivity index (χ1n) is 3.90. The zero-order valence-electron chi connectivity index (χ0n) is 8.55. The molecule has 0 fully saturated rings. The van der Waals surface area contributed by atoms with Gasteiger partial charge >= 0.3 is 0 Å². The lowest BCUT2D eigenvalue weighted by molar-refractivity contribution is -0.114. The molecule has 0 rings (SSSR count). The molecule has 3 heteroatoms. The van der Waals surface area contributed by atoms with Crippen molar-refractivity contribution in [3.05, 3.63) is 12.2 Å². The highest BCUT2D eigenvalue weighted by Gasteiger charge is 1.83. The second-order valence-corrected chi connectivity index (χ2v) is 1.55. The Morgan fingerprint density at radius 2 is 1.08 bits per heavy atom. The van der Waals surface area contributed by atoms with E-state index in [4.69, 9.17) is 0 Å². The van der Waals surface area contributed by atoms with E-state index in [1.807, 2.05) is 13.8 Å². The van der Waals surface area contributed by atoms with Crippen molar-refractivity contribution in [2.75, 3.05) is 7.05 Å². The van der Waals surface area contributed by atoms with Crippen molar-refractivity contribution in [3.8, 4) is 0 Å². The molecule has 0 aliphatic rings. The fourth-order valence-corrected chi connectivity index (χ4v) is 0.235. The standard InChI is InChI=1S/C6H8O2.C2H6.CH5N/c1-5(7)3-4-6(2)8;2*1-2/h3-4H,1-2H3;1-2H3;2H2,1H3/b4-3-;;. The molecule has 0 aromatic rings. The van der Waals surface area contributed by atoms with Crippen LogP contribution in [-0.4, -0.2) is 18.6 Å². The van der Waals surface area contributed by atoms with E-state index < -0.39 is 0 Å². The second-order valence-electron chi connectivity index (χ2n) is 1.55. The fourth-order valence-electron chi connectivity index (χ4n) is 0.235. The van der Waals surface area contributed by atoms with E-state index in [0.717, 1.165) is 0 Å². The molecule has 12 heavy (non-hydrogen) atoms. The van der Waals surface area contributed by atoms with Gasteiger partial charge in [0.1, 0.15) is 0 Å². The topological polar surface area (TPSA) is 60.2 Å². The van der Waals surface area contributed by atoms with Crippen molar-refractivity contribution in [1.29, 1.82) is 0 Å². The molecule has 3 nitrogen and oxygen atoms in total. The van der Waals surface area contributed by atoms with Gasteiger partial charge in [0.2, 0.25) is 0 Å². The van der Waals surface area contributed by atoms with Crippen LogP contribution in [0.4, 0.5) is 0 Å². The Balaban J connectivity index is -0.000000175. The molecule has 2 N–H and O–H groups in total. The van der Waals surface area contributed by atoms with Gasteiger partial charge in [0, 0.05) is 0 Å². The number of carbonyl (C=O) groups is 2. The van der Waals surface area contributed by atoms with Gasteiger partial charge in [0.05, 0.1) is 0 Å². The summed E-state index contributed by atoms with van der Waals surface area (Å²) in [7, 11) is 1.50. The summed E-state index contributed by atoms with van der Waals surface area (Å²) in [4.78, 5) is 20.2. The molecule has 0 saturated heterocycles. The zero-order valence-corrected chi connectivity index (χ0v) is 8.55. The summed E-state index contributed by atoms with van der Waals surface area (Å²) in [6, 6.07) is 0. The Hall–Kier alpha value is -0.960. The lowest BCUT2D eigenvalue weighted by atomic mass is 10.3. The van der Waals surface area contributed by atoms with E-state index in [1.54, 1.807) is 0 Å². The SMILES string of the molecule is CC.CC(=O)/C=C\C(C)=O.CN. The summed E-state index contributed by atoms with van der Waals surface area (Å²) in [5.41, 5.74) is 4.50. The van der Waals surface area contributed by atoms with Crippen LogP contribution < -0.4 is 5.73 Å². The number of carbonyl (C=O) groups excluding carboxylic acids is 2. The quantitative estimate of drug-likeness (QED) is 0.641. The van der Waals surface area contributed by atoms with Crippen LogP contribution in [0.1, 0.15) is 27.7 Å². The lowest BCUT2D eigenvalue weighted by Gasteiger charge is -1.74. The van der Waals surface area contributed by atoms with Gasteiger partial charge in [-0.15, -0.1) is 0 Å². The van der Waals surface area contributed by atoms with Gasteiger partial charge < -0.3 is 5.73 Å². The molecule has 0 saturated carbocycles. The van der Waals surface area contributed by atoms with Crippen molar-refractivity contribution in [2.24, 2.45) is 5.73 Å². The Labute approximate surface area is 74.6 Å². The van der Waals surface area contributed by atoms with Crippen LogP contribution in [0.5, 0.6) is 0 Å². The summed E-state index contributed by atoms with van der Waals surface area (Å²) in [6.45, 7) is 6.80. The number of hydrogen-bond donors (Lipinski definition) is 1. The fraction of sp³-hybridized carbons (Fsp3) is 0.556. The Bertz CT molecular complexity index is 123. The van der Waals surface area contributed by atoms with Crippen LogP contribution in [0.25, 0.3) is 0 Å². The second kappa shape index (κ2) is 16.6.